The number of thiophene rings is 1. The summed E-state index contributed by atoms with van der Waals surface area (Å²) < 4.78 is 10.1. The van der Waals surface area contributed by atoms with Crippen LogP contribution in [0.2, 0.25) is 0 Å². The van der Waals surface area contributed by atoms with Crippen molar-refractivity contribution in [3.8, 4) is 0 Å². The van der Waals surface area contributed by atoms with E-state index in [1.165, 1.54) is 11.3 Å². The zero-order valence-electron chi connectivity index (χ0n) is 14.3. The maximum absolute atomic E-state index is 11.9. The highest BCUT2D eigenvalue weighted by Gasteiger charge is 2.22. The molecule has 7 nitrogen and oxygen atoms in total. The van der Waals surface area contributed by atoms with Crippen molar-refractivity contribution in [2.75, 3.05) is 12.3 Å². The molecule has 1 amide bonds. The number of carbonyl (C=O) groups excluding carboxylic acids is 2. The molecule has 1 rings (SSSR count). The average Bonchev–Trinajstić information content (AvgIpc) is 2.69. The van der Waals surface area contributed by atoms with Gasteiger partial charge < -0.3 is 15.2 Å². The fraction of sp³-hybridized carbons (Fsp3) is 0.533. The van der Waals surface area contributed by atoms with Crippen molar-refractivity contribution < 1.29 is 19.1 Å². The first-order valence-electron chi connectivity index (χ1n) is 7.16. The second-order valence-corrected chi connectivity index (χ2v) is 6.88. The van der Waals surface area contributed by atoms with Crippen LogP contribution in [0.5, 0.6) is 0 Å². The smallest absolute Gasteiger partial charge is 0.428 e. The molecule has 8 heteroatoms. The van der Waals surface area contributed by atoms with Crippen molar-refractivity contribution in [3.63, 3.8) is 0 Å². The largest absolute Gasteiger partial charge is 0.462 e. The summed E-state index contributed by atoms with van der Waals surface area (Å²) in [5.41, 5.74) is 9.18. The summed E-state index contributed by atoms with van der Waals surface area (Å²) in [4.78, 5) is 24.2. The summed E-state index contributed by atoms with van der Waals surface area (Å²) >= 11 is 1.22. The number of nitrogens with one attached hydrogen (secondary N) is 1. The van der Waals surface area contributed by atoms with Crippen molar-refractivity contribution >= 4 is 34.1 Å². The number of esters is 1. The lowest BCUT2D eigenvalue weighted by atomic mass is 10.1. The van der Waals surface area contributed by atoms with Gasteiger partial charge in [0, 0.05) is 0 Å². The molecular weight excluding hydrogens is 318 g/mol. The molecule has 0 saturated carbocycles. The Hall–Kier alpha value is -2.09. The van der Waals surface area contributed by atoms with Crippen LogP contribution in [-0.4, -0.2) is 30.0 Å². The molecule has 128 valence electrons. The van der Waals surface area contributed by atoms with Crippen molar-refractivity contribution in [2.45, 2.75) is 47.1 Å². The molecule has 0 aliphatic heterocycles. The van der Waals surface area contributed by atoms with E-state index in [1.54, 1.807) is 41.5 Å². The van der Waals surface area contributed by atoms with E-state index < -0.39 is 17.7 Å². The van der Waals surface area contributed by atoms with Gasteiger partial charge in [-0.05, 0) is 47.1 Å². The third-order valence-corrected chi connectivity index (χ3v) is 3.93. The minimum Gasteiger partial charge on any atom is -0.462 e. The molecule has 23 heavy (non-hydrogen) atoms. The van der Waals surface area contributed by atoms with E-state index in [4.69, 9.17) is 15.2 Å². The van der Waals surface area contributed by atoms with Crippen molar-refractivity contribution in [1.29, 1.82) is 0 Å². The molecule has 3 N–H and O–H groups in total. The Morgan fingerprint density at radius 2 is 1.96 bits per heavy atom. The van der Waals surface area contributed by atoms with E-state index in [0.717, 1.165) is 0 Å². The van der Waals surface area contributed by atoms with E-state index in [9.17, 15) is 9.59 Å². The fourth-order valence-electron chi connectivity index (χ4n) is 1.82. The molecule has 0 spiro atoms. The van der Waals surface area contributed by atoms with Crippen LogP contribution in [0.4, 0.5) is 9.80 Å². The number of carbonyl (C=O) groups is 2. The van der Waals surface area contributed by atoms with E-state index in [2.05, 4.69) is 10.5 Å². The van der Waals surface area contributed by atoms with Gasteiger partial charge in [0.25, 0.3) is 0 Å². The van der Waals surface area contributed by atoms with Gasteiger partial charge in [-0.1, -0.05) is 0 Å². The molecule has 0 aliphatic rings. The Bertz CT molecular complexity index is 629. The first-order chi connectivity index (χ1) is 10.6. The van der Waals surface area contributed by atoms with Crippen molar-refractivity contribution in [1.82, 2.24) is 5.43 Å². The first-order valence-corrected chi connectivity index (χ1v) is 7.98. The molecule has 0 atom stereocenters. The summed E-state index contributed by atoms with van der Waals surface area (Å²) in [5, 5.41) is 4.36. The quantitative estimate of drug-likeness (QED) is 0.498. The predicted octanol–water partition coefficient (Wildman–Crippen LogP) is 3.06. The summed E-state index contributed by atoms with van der Waals surface area (Å²) in [7, 11) is 0. The van der Waals surface area contributed by atoms with Gasteiger partial charge in [0.05, 0.1) is 22.8 Å². The van der Waals surface area contributed by atoms with Crippen LogP contribution in [0.3, 0.4) is 0 Å². The second-order valence-electron chi connectivity index (χ2n) is 5.83. The minimum absolute atomic E-state index is 0.274. The first kappa shape index (κ1) is 19.0. The summed E-state index contributed by atoms with van der Waals surface area (Å²) in [6.45, 7) is 10.8. The SMILES string of the molecule is CCOC(=O)c1c(N)sc(/C(C)=N/NC(=O)OC(C)(C)C)c1C. The van der Waals surface area contributed by atoms with Gasteiger partial charge in [0.2, 0.25) is 0 Å². The van der Waals surface area contributed by atoms with Gasteiger partial charge in [0.15, 0.2) is 0 Å². The number of nitrogens with two attached hydrogens (primary N) is 1. The number of hydrogen-bond donors (Lipinski definition) is 2. The van der Waals surface area contributed by atoms with Gasteiger partial charge in [-0.15, -0.1) is 11.3 Å². The molecule has 0 aliphatic carbocycles. The van der Waals surface area contributed by atoms with Crippen LogP contribution in [0.25, 0.3) is 0 Å². The maximum atomic E-state index is 11.9. The van der Waals surface area contributed by atoms with Crippen LogP contribution < -0.4 is 11.2 Å². The molecule has 0 aromatic carbocycles. The highest BCUT2D eigenvalue weighted by molar-refractivity contribution is 7.18. The predicted molar refractivity (Wildman–Crippen MR) is 91.0 cm³/mol. The number of rotatable bonds is 4. The normalized spacial score (nSPS) is 12.0. The number of nitrogen functional groups attached to an aromatic ring is 1. The lowest BCUT2D eigenvalue weighted by Gasteiger charge is -2.18. The molecule has 0 fully saturated rings. The Kier molecular flexibility index (Phi) is 6.14. The van der Waals surface area contributed by atoms with Gasteiger partial charge in [-0.2, -0.15) is 5.10 Å². The molecule has 0 radical (unpaired) electrons. The Morgan fingerprint density at radius 1 is 1.35 bits per heavy atom. The topological polar surface area (TPSA) is 103 Å². The summed E-state index contributed by atoms with van der Waals surface area (Å²) in [5.74, 6) is -0.460. The number of hydrogen-bond acceptors (Lipinski definition) is 7. The molecule has 0 saturated heterocycles. The standard InChI is InChI=1S/C15H23N3O4S/c1-7-21-13(19)10-8(2)11(23-12(10)16)9(3)17-18-14(20)22-15(4,5)6/h7,16H2,1-6H3,(H,18,20)/b17-9+. The number of nitrogens with zero attached hydrogens (tertiary/aromatic N) is 1. The maximum Gasteiger partial charge on any atom is 0.428 e. The van der Waals surface area contributed by atoms with Gasteiger partial charge in [-0.3, -0.25) is 0 Å². The lowest BCUT2D eigenvalue weighted by molar-refractivity contribution is 0.0517. The number of ether oxygens (including phenoxy) is 2. The fourth-order valence-corrected chi connectivity index (χ4v) is 2.83. The lowest BCUT2D eigenvalue weighted by Crippen LogP contribution is -2.30. The third-order valence-electron chi connectivity index (χ3n) is 2.70. The molecule has 1 heterocycles. The van der Waals surface area contributed by atoms with Crippen molar-refractivity contribution in [3.05, 3.63) is 16.0 Å². The Labute approximate surface area is 139 Å². The Balaban J connectivity index is 2.94. The van der Waals surface area contributed by atoms with Crippen molar-refractivity contribution in [2.24, 2.45) is 5.10 Å². The number of hydrazone groups is 1. The molecule has 1 aromatic rings. The second kappa shape index (κ2) is 7.45. The van der Waals surface area contributed by atoms with Crippen LogP contribution in [-0.2, 0) is 9.47 Å². The number of amides is 1. The van der Waals surface area contributed by atoms with E-state index in [0.29, 0.717) is 26.7 Å². The zero-order chi connectivity index (χ0) is 17.8. The van der Waals surface area contributed by atoms with Crippen LogP contribution >= 0.6 is 11.3 Å². The van der Waals surface area contributed by atoms with Gasteiger partial charge in [-0.25, -0.2) is 15.0 Å². The van der Waals surface area contributed by atoms with Crippen LogP contribution in [0.15, 0.2) is 5.10 Å². The minimum atomic E-state index is -0.648. The van der Waals surface area contributed by atoms with Gasteiger partial charge >= 0.3 is 12.1 Å². The average molecular weight is 341 g/mol. The summed E-state index contributed by atoms with van der Waals surface area (Å²) in [6, 6.07) is 0. The number of anilines is 1. The molecule has 1 aromatic heterocycles. The molecular formula is C15H23N3O4S. The highest BCUT2D eigenvalue weighted by atomic mass is 32.1. The highest BCUT2D eigenvalue weighted by Crippen LogP contribution is 2.31. The monoisotopic (exact) mass is 341 g/mol. The van der Waals surface area contributed by atoms with Gasteiger partial charge in [0.1, 0.15) is 10.6 Å². The van der Waals surface area contributed by atoms with E-state index in [-0.39, 0.29) is 6.61 Å². The summed E-state index contributed by atoms with van der Waals surface area (Å²) in [6.07, 6.45) is -0.648. The third kappa shape index (κ3) is 5.24. The zero-order valence-corrected chi connectivity index (χ0v) is 15.1. The van der Waals surface area contributed by atoms with Crippen LogP contribution in [0.1, 0.15) is 55.4 Å². The molecule has 0 bridgehead atoms. The van der Waals surface area contributed by atoms with E-state index in [1.807, 2.05) is 0 Å². The van der Waals surface area contributed by atoms with E-state index >= 15 is 0 Å². The molecule has 0 unspecified atom stereocenters. The Morgan fingerprint density at radius 3 is 2.48 bits per heavy atom. The van der Waals surface area contributed by atoms with Crippen LogP contribution in [0, 0.1) is 6.92 Å².